The maximum atomic E-state index is 12.0. The average molecular weight is 262 g/mol. The van der Waals surface area contributed by atoms with Crippen molar-refractivity contribution in [1.82, 2.24) is 5.32 Å². The van der Waals surface area contributed by atoms with Gasteiger partial charge in [-0.1, -0.05) is 6.07 Å². The minimum absolute atomic E-state index is 0.0194. The Morgan fingerprint density at radius 3 is 2.95 bits per heavy atom. The molecule has 3 N–H and O–H groups in total. The fourth-order valence-corrected chi connectivity index (χ4v) is 2.62. The highest BCUT2D eigenvalue weighted by atomic mass is 16.3. The SMILES string of the molecule is Cc1cc(C)c(O)c(NC(=O)CC2CCCNC2)c1. The molecular formula is C15H22N2O2. The van der Waals surface area contributed by atoms with Gasteiger partial charge in [0.25, 0.3) is 0 Å². The molecule has 19 heavy (non-hydrogen) atoms. The van der Waals surface area contributed by atoms with E-state index in [1.54, 1.807) is 6.07 Å². The van der Waals surface area contributed by atoms with E-state index in [4.69, 9.17) is 0 Å². The number of piperidine rings is 1. The van der Waals surface area contributed by atoms with E-state index in [2.05, 4.69) is 10.6 Å². The molecule has 1 saturated heterocycles. The monoisotopic (exact) mass is 262 g/mol. The summed E-state index contributed by atoms with van der Waals surface area (Å²) >= 11 is 0. The summed E-state index contributed by atoms with van der Waals surface area (Å²) in [5.41, 5.74) is 2.34. The molecule has 104 valence electrons. The number of aromatic hydroxyl groups is 1. The second-order valence-corrected chi connectivity index (χ2v) is 5.44. The molecule has 0 radical (unpaired) electrons. The molecule has 1 heterocycles. The van der Waals surface area contributed by atoms with E-state index >= 15 is 0 Å². The Kier molecular flexibility index (Phi) is 4.43. The first-order chi connectivity index (χ1) is 9.06. The average Bonchev–Trinajstić information content (AvgIpc) is 2.36. The number of rotatable bonds is 3. The number of phenolic OH excluding ortho intramolecular Hbond substituents is 1. The number of aryl methyl sites for hydroxylation is 2. The van der Waals surface area contributed by atoms with Crippen LogP contribution in [0, 0.1) is 19.8 Å². The van der Waals surface area contributed by atoms with Crippen LogP contribution in [0.4, 0.5) is 5.69 Å². The standard InChI is InChI=1S/C15H22N2O2/c1-10-6-11(2)15(19)13(7-10)17-14(18)8-12-4-3-5-16-9-12/h6-7,12,16,19H,3-5,8-9H2,1-2H3,(H,17,18). The van der Waals surface area contributed by atoms with Crippen molar-refractivity contribution in [1.29, 1.82) is 0 Å². The predicted molar refractivity (Wildman–Crippen MR) is 76.4 cm³/mol. The zero-order valence-electron chi connectivity index (χ0n) is 11.6. The zero-order chi connectivity index (χ0) is 13.8. The van der Waals surface area contributed by atoms with Gasteiger partial charge >= 0.3 is 0 Å². The first-order valence-corrected chi connectivity index (χ1v) is 6.87. The molecule has 4 nitrogen and oxygen atoms in total. The summed E-state index contributed by atoms with van der Waals surface area (Å²) in [5, 5.41) is 16.1. The van der Waals surface area contributed by atoms with Crippen molar-refractivity contribution >= 4 is 11.6 Å². The maximum absolute atomic E-state index is 12.0. The van der Waals surface area contributed by atoms with E-state index in [0.717, 1.165) is 37.1 Å². The lowest BCUT2D eigenvalue weighted by Gasteiger charge is -2.22. The molecule has 0 bridgehead atoms. The Morgan fingerprint density at radius 2 is 2.26 bits per heavy atom. The highest BCUT2D eigenvalue weighted by Crippen LogP contribution is 2.29. The number of nitrogens with one attached hydrogen (secondary N) is 2. The third-order valence-corrected chi connectivity index (χ3v) is 3.59. The van der Waals surface area contributed by atoms with Crippen molar-refractivity contribution in [3.05, 3.63) is 23.3 Å². The first kappa shape index (κ1) is 13.9. The summed E-state index contributed by atoms with van der Waals surface area (Å²) in [6.45, 7) is 5.75. The zero-order valence-corrected chi connectivity index (χ0v) is 11.6. The van der Waals surface area contributed by atoms with Gasteiger partial charge in [0.2, 0.25) is 5.91 Å². The largest absolute Gasteiger partial charge is 0.505 e. The van der Waals surface area contributed by atoms with Gasteiger partial charge in [-0.25, -0.2) is 0 Å². The fraction of sp³-hybridized carbons (Fsp3) is 0.533. The van der Waals surface area contributed by atoms with Gasteiger partial charge in [0.05, 0.1) is 5.69 Å². The third-order valence-electron chi connectivity index (χ3n) is 3.59. The van der Waals surface area contributed by atoms with Crippen LogP contribution < -0.4 is 10.6 Å². The van der Waals surface area contributed by atoms with Crippen LogP contribution in [0.3, 0.4) is 0 Å². The van der Waals surface area contributed by atoms with Crippen LogP contribution in [0.25, 0.3) is 0 Å². The summed E-state index contributed by atoms with van der Waals surface area (Å²) in [4.78, 5) is 12.0. The molecule has 1 aromatic rings. The Labute approximate surface area is 114 Å². The Bertz CT molecular complexity index is 465. The number of amides is 1. The lowest BCUT2D eigenvalue weighted by atomic mass is 9.96. The highest BCUT2D eigenvalue weighted by Gasteiger charge is 2.17. The van der Waals surface area contributed by atoms with E-state index in [1.807, 2.05) is 19.9 Å². The fourth-order valence-electron chi connectivity index (χ4n) is 2.62. The molecule has 0 spiro atoms. The van der Waals surface area contributed by atoms with Crippen molar-refractivity contribution in [2.75, 3.05) is 18.4 Å². The van der Waals surface area contributed by atoms with Gasteiger partial charge in [-0.3, -0.25) is 4.79 Å². The van der Waals surface area contributed by atoms with E-state index in [-0.39, 0.29) is 11.7 Å². The Balaban J connectivity index is 1.98. The van der Waals surface area contributed by atoms with E-state index in [0.29, 0.717) is 18.0 Å². The Morgan fingerprint density at radius 1 is 1.47 bits per heavy atom. The lowest BCUT2D eigenvalue weighted by Crippen LogP contribution is -2.32. The van der Waals surface area contributed by atoms with Crippen LogP contribution in [0.5, 0.6) is 5.75 Å². The van der Waals surface area contributed by atoms with Crippen LogP contribution in [-0.4, -0.2) is 24.1 Å². The molecule has 1 aliphatic rings. The van der Waals surface area contributed by atoms with Crippen LogP contribution in [0.15, 0.2) is 12.1 Å². The van der Waals surface area contributed by atoms with Gasteiger partial charge < -0.3 is 15.7 Å². The van der Waals surface area contributed by atoms with Crippen molar-refractivity contribution in [3.8, 4) is 5.75 Å². The third kappa shape index (κ3) is 3.70. The van der Waals surface area contributed by atoms with Crippen molar-refractivity contribution in [3.63, 3.8) is 0 Å². The predicted octanol–water partition coefficient (Wildman–Crippen LogP) is 2.34. The number of carbonyl (C=O) groups excluding carboxylic acids is 1. The van der Waals surface area contributed by atoms with Gasteiger partial charge in [-0.15, -0.1) is 0 Å². The normalized spacial score (nSPS) is 19.2. The second kappa shape index (κ2) is 6.06. The van der Waals surface area contributed by atoms with E-state index in [1.165, 1.54) is 0 Å². The summed E-state index contributed by atoms with van der Waals surface area (Å²) in [5.74, 6) is 0.552. The molecule has 1 fully saturated rings. The lowest BCUT2D eigenvalue weighted by molar-refractivity contribution is -0.117. The van der Waals surface area contributed by atoms with Crippen LogP contribution in [0.1, 0.15) is 30.4 Å². The van der Waals surface area contributed by atoms with Crippen LogP contribution in [0.2, 0.25) is 0 Å². The van der Waals surface area contributed by atoms with E-state index in [9.17, 15) is 9.90 Å². The van der Waals surface area contributed by atoms with Gasteiger partial charge in [-0.05, 0) is 62.9 Å². The molecule has 0 aliphatic carbocycles. The van der Waals surface area contributed by atoms with Crippen molar-refractivity contribution in [2.24, 2.45) is 5.92 Å². The topological polar surface area (TPSA) is 61.4 Å². The second-order valence-electron chi connectivity index (χ2n) is 5.44. The minimum Gasteiger partial charge on any atom is -0.505 e. The molecule has 1 aliphatic heterocycles. The number of phenols is 1. The molecule has 1 aromatic carbocycles. The number of hydrogen-bond acceptors (Lipinski definition) is 3. The maximum Gasteiger partial charge on any atom is 0.224 e. The molecule has 0 aromatic heterocycles. The Hall–Kier alpha value is -1.55. The molecule has 2 rings (SSSR count). The van der Waals surface area contributed by atoms with Crippen LogP contribution in [-0.2, 0) is 4.79 Å². The number of anilines is 1. The van der Waals surface area contributed by atoms with Gasteiger partial charge in [0.1, 0.15) is 5.75 Å². The van der Waals surface area contributed by atoms with Crippen molar-refractivity contribution in [2.45, 2.75) is 33.1 Å². The summed E-state index contributed by atoms with van der Waals surface area (Å²) < 4.78 is 0. The summed E-state index contributed by atoms with van der Waals surface area (Å²) in [7, 11) is 0. The van der Waals surface area contributed by atoms with Crippen molar-refractivity contribution < 1.29 is 9.90 Å². The molecule has 1 amide bonds. The van der Waals surface area contributed by atoms with Gasteiger partial charge in [0.15, 0.2) is 0 Å². The number of carbonyl (C=O) groups is 1. The van der Waals surface area contributed by atoms with Gasteiger partial charge in [0, 0.05) is 6.42 Å². The molecular weight excluding hydrogens is 240 g/mol. The molecule has 1 unspecified atom stereocenters. The van der Waals surface area contributed by atoms with E-state index < -0.39 is 0 Å². The van der Waals surface area contributed by atoms with Crippen LogP contribution >= 0.6 is 0 Å². The molecule has 0 saturated carbocycles. The molecule has 4 heteroatoms. The highest BCUT2D eigenvalue weighted by molar-refractivity contribution is 5.92. The summed E-state index contributed by atoms with van der Waals surface area (Å²) in [6, 6.07) is 3.70. The quantitative estimate of drug-likeness (QED) is 0.733. The smallest absolute Gasteiger partial charge is 0.224 e. The minimum atomic E-state index is -0.0194. The molecule has 1 atom stereocenters. The first-order valence-electron chi connectivity index (χ1n) is 6.87. The van der Waals surface area contributed by atoms with Gasteiger partial charge in [-0.2, -0.15) is 0 Å². The number of hydrogen-bond donors (Lipinski definition) is 3. The number of benzene rings is 1. The summed E-state index contributed by atoms with van der Waals surface area (Å²) in [6.07, 6.45) is 2.74.